The zero-order chi connectivity index (χ0) is 14.3. The molecule has 110 valence electrons. The predicted octanol–water partition coefficient (Wildman–Crippen LogP) is 3.17. The first-order valence-corrected chi connectivity index (χ1v) is 8.09. The highest BCUT2D eigenvalue weighted by Gasteiger charge is 2.38. The van der Waals surface area contributed by atoms with Gasteiger partial charge in [0.05, 0.1) is 0 Å². The molecular weight excluding hydrogens is 244 g/mol. The third-order valence-corrected chi connectivity index (χ3v) is 5.58. The van der Waals surface area contributed by atoms with Gasteiger partial charge < -0.3 is 5.73 Å². The first-order chi connectivity index (χ1) is 9.54. The molecule has 1 saturated carbocycles. The molecule has 3 unspecified atom stereocenters. The first kappa shape index (κ1) is 14.1. The monoisotopic (exact) mass is 272 g/mol. The molecule has 2 nitrogen and oxygen atoms in total. The van der Waals surface area contributed by atoms with Crippen LogP contribution in [0.3, 0.4) is 0 Å². The summed E-state index contributed by atoms with van der Waals surface area (Å²) >= 11 is 0. The zero-order valence-corrected chi connectivity index (χ0v) is 13.2. The molecule has 2 N–H and O–H groups in total. The van der Waals surface area contributed by atoms with Gasteiger partial charge in [-0.3, -0.25) is 4.90 Å². The lowest BCUT2D eigenvalue weighted by atomic mass is 9.78. The minimum absolute atomic E-state index is 0.444. The Bertz CT molecular complexity index is 494. The molecule has 1 aliphatic carbocycles. The molecule has 0 radical (unpaired) electrons. The van der Waals surface area contributed by atoms with Gasteiger partial charge in [-0.05, 0) is 67.7 Å². The van der Waals surface area contributed by atoms with Crippen molar-refractivity contribution in [3.05, 3.63) is 34.4 Å². The largest absolute Gasteiger partial charge is 0.327 e. The van der Waals surface area contributed by atoms with Gasteiger partial charge >= 0.3 is 0 Å². The Hall–Kier alpha value is -0.860. The highest BCUT2D eigenvalue weighted by molar-refractivity contribution is 5.36. The number of hydrogen-bond donors (Lipinski definition) is 1. The Morgan fingerprint density at radius 3 is 2.55 bits per heavy atom. The molecule has 0 aromatic heterocycles. The van der Waals surface area contributed by atoms with Gasteiger partial charge in [-0.1, -0.05) is 18.6 Å². The summed E-state index contributed by atoms with van der Waals surface area (Å²) in [5.41, 5.74) is 12.1. The topological polar surface area (TPSA) is 29.3 Å². The normalized spacial score (nSPS) is 30.5. The van der Waals surface area contributed by atoms with Gasteiger partial charge in [0.1, 0.15) is 0 Å². The Labute approximate surface area is 123 Å². The number of fused-ring (bicyclic) bond motifs is 1. The van der Waals surface area contributed by atoms with E-state index in [0.717, 1.165) is 18.4 Å². The molecule has 20 heavy (non-hydrogen) atoms. The van der Waals surface area contributed by atoms with Crippen molar-refractivity contribution in [2.45, 2.75) is 52.6 Å². The van der Waals surface area contributed by atoms with Gasteiger partial charge in [0, 0.05) is 25.7 Å². The van der Waals surface area contributed by atoms with Gasteiger partial charge in [-0.25, -0.2) is 0 Å². The summed E-state index contributed by atoms with van der Waals surface area (Å²) in [6, 6.07) is 5.16. The number of nitrogens with zero attached hydrogens (tertiary/aromatic N) is 1. The molecule has 0 spiro atoms. The fraction of sp³-hybridized carbons (Fsp3) is 0.667. The van der Waals surface area contributed by atoms with Crippen molar-refractivity contribution in [1.29, 1.82) is 0 Å². The second-order valence-corrected chi connectivity index (χ2v) is 7.08. The van der Waals surface area contributed by atoms with E-state index in [1.165, 1.54) is 54.6 Å². The highest BCUT2D eigenvalue weighted by Crippen LogP contribution is 2.36. The summed E-state index contributed by atoms with van der Waals surface area (Å²) in [6.07, 6.45) is 3.96. The van der Waals surface area contributed by atoms with Crippen LogP contribution in [0.15, 0.2) is 12.1 Å². The van der Waals surface area contributed by atoms with Gasteiger partial charge in [-0.15, -0.1) is 0 Å². The molecule has 3 rings (SSSR count). The van der Waals surface area contributed by atoms with E-state index in [-0.39, 0.29) is 0 Å². The van der Waals surface area contributed by atoms with E-state index in [0.29, 0.717) is 6.04 Å². The van der Waals surface area contributed by atoms with Crippen molar-refractivity contribution in [3.8, 4) is 0 Å². The molecule has 2 fully saturated rings. The average molecular weight is 272 g/mol. The van der Waals surface area contributed by atoms with E-state index in [2.05, 4.69) is 37.8 Å². The van der Waals surface area contributed by atoms with Crippen molar-refractivity contribution >= 4 is 0 Å². The van der Waals surface area contributed by atoms with E-state index < -0.39 is 0 Å². The molecule has 1 aromatic carbocycles. The van der Waals surface area contributed by atoms with Crippen molar-refractivity contribution in [3.63, 3.8) is 0 Å². The summed E-state index contributed by atoms with van der Waals surface area (Å²) in [7, 11) is 0. The number of aryl methyl sites for hydroxylation is 3. The van der Waals surface area contributed by atoms with Crippen molar-refractivity contribution in [2.24, 2.45) is 17.6 Å². The van der Waals surface area contributed by atoms with Crippen LogP contribution in [0.25, 0.3) is 0 Å². The number of hydrogen-bond acceptors (Lipinski definition) is 2. The maximum Gasteiger partial charge on any atom is 0.0236 e. The molecule has 3 atom stereocenters. The Morgan fingerprint density at radius 1 is 1.05 bits per heavy atom. The maximum atomic E-state index is 6.32. The second-order valence-electron chi connectivity index (χ2n) is 7.08. The van der Waals surface area contributed by atoms with E-state index in [4.69, 9.17) is 5.73 Å². The van der Waals surface area contributed by atoms with Crippen LogP contribution in [0, 0.1) is 32.6 Å². The van der Waals surface area contributed by atoms with Gasteiger partial charge in [0.2, 0.25) is 0 Å². The van der Waals surface area contributed by atoms with Crippen LogP contribution < -0.4 is 5.73 Å². The van der Waals surface area contributed by atoms with Crippen molar-refractivity contribution < 1.29 is 0 Å². The lowest BCUT2D eigenvalue weighted by Gasteiger charge is -2.29. The van der Waals surface area contributed by atoms with Crippen LogP contribution in [-0.2, 0) is 6.54 Å². The van der Waals surface area contributed by atoms with E-state index in [9.17, 15) is 0 Å². The fourth-order valence-corrected chi connectivity index (χ4v) is 4.17. The van der Waals surface area contributed by atoms with E-state index in [1.54, 1.807) is 0 Å². The first-order valence-electron chi connectivity index (χ1n) is 8.09. The quantitative estimate of drug-likeness (QED) is 0.896. The van der Waals surface area contributed by atoms with Crippen LogP contribution in [0.1, 0.15) is 41.5 Å². The Kier molecular flexibility index (Phi) is 3.87. The second kappa shape index (κ2) is 5.50. The Balaban J connectivity index is 1.72. The third kappa shape index (κ3) is 2.64. The van der Waals surface area contributed by atoms with Gasteiger partial charge in [0.15, 0.2) is 0 Å². The van der Waals surface area contributed by atoms with Crippen LogP contribution in [-0.4, -0.2) is 24.0 Å². The third-order valence-electron chi connectivity index (χ3n) is 5.58. The summed E-state index contributed by atoms with van der Waals surface area (Å²) in [6.45, 7) is 10.2. The highest BCUT2D eigenvalue weighted by atomic mass is 15.2. The lowest BCUT2D eigenvalue weighted by molar-refractivity contribution is 0.259. The SMILES string of the molecule is Cc1cc(C)c(CN2CC3CCCC(N)C3C2)cc1C. The molecule has 1 aromatic rings. The lowest BCUT2D eigenvalue weighted by Crippen LogP contribution is -2.38. The number of benzene rings is 1. The zero-order valence-electron chi connectivity index (χ0n) is 13.2. The van der Waals surface area contributed by atoms with Crippen LogP contribution in [0.2, 0.25) is 0 Å². The number of nitrogens with two attached hydrogens (primary N) is 1. The van der Waals surface area contributed by atoms with Crippen LogP contribution in [0.5, 0.6) is 0 Å². The fourth-order valence-electron chi connectivity index (χ4n) is 4.17. The van der Waals surface area contributed by atoms with Gasteiger partial charge in [-0.2, -0.15) is 0 Å². The van der Waals surface area contributed by atoms with Crippen LogP contribution in [0.4, 0.5) is 0 Å². The standard InChI is InChI=1S/C18H28N2/c1-12-7-14(3)16(8-13(12)2)10-20-9-15-5-4-6-18(19)17(15)11-20/h7-8,15,17-18H,4-6,9-11,19H2,1-3H3. The van der Waals surface area contributed by atoms with Crippen LogP contribution >= 0.6 is 0 Å². The summed E-state index contributed by atoms with van der Waals surface area (Å²) in [5, 5.41) is 0. The molecule has 2 heteroatoms. The number of rotatable bonds is 2. The molecule has 0 bridgehead atoms. The summed E-state index contributed by atoms with van der Waals surface area (Å²) in [4.78, 5) is 2.64. The summed E-state index contributed by atoms with van der Waals surface area (Å²) < 4.78 is 0. The predicted molar refractivity (Wildman–Crippen MR) is 84.7 cm³/mol. The molecule has 1 saturated heterocycles. The molecule has 0 amide bonds. The van der Waals surface area contributed by atoms with Crippen molar-refractivity contribution in [2.75, 3.05) is 13.1 Å². The minimum Gasteiger partial charge on any atom is -0.327 e. The van der Waals surface area contributed by atoms with E-state index in [1.807, 2.05) is 0 Å². The summed E-state index contributed by atoms with van der Waals surface area (Å²) in [5.74, 6) is 1.60. The molecule has 1 heterocycles. The molecule has 2 aliphatic rings. The van der Waals surface area contributed by atoms with Crippen molar-refractivity contribution in [1.82, 2.24) is 4.90 Å². The van der Waals surface area contributed by atoms with E-state index >= 15 is 0 Å². The smallest absolute Gasteiger partial charge is 0.0236 e. The average Bonchev–Trinajstić information content (AvgIpc) is 2.80. The number of likely N-dealkylation sites (tertiary alicyclic amines) is 1. The Morgan fingerprint density at radius 2 is 1.80 bits per heavy atom. The van der Waals surface area contributed by atoms with Gasteiger partial charge in [0.25, 0.3) is 0 Å². The maximum absolute atomic E-state index is 6.32. The molecular formula is C18H28N2. The molecule has 1 aliphatic heterocycles. The minimum atomic E-state index is 0.444.